The third-order valence-corrected chi connectivity index (χ3v) is 10.3. The molecule has 0 saturated heterocycles. The Bertz CT molecular complexity index is 2250. The number of phenols is 1. The van der Waals surface area contributed by atoms with Gasteiger partial charge in [0.1, 0.15) is 11.6 Å². The number of imidazole rings is 1. The normalized spacial score (nSPS) is 12.9. The van der Waals surface area contributed by atoms with Crippen molar-refractivity contribution in [2.75, 3.05) is 0 Å². The first-order valence-electron chi connectivity index (χ1n) is 18.8. The molecule has 0 unspecified atom stereocenters. The number of phenolic OH excluding ortho intramolecular Hbond substituents is 1. The quantitative estimate of drug-likeness (QED) is 0.196. The summed E-state index contributed by atoms with van der Waals surface area (Å²) in [7, 11) is 0. The van der Waals surface area contributed by atoms with Crippen LogP contribution in [0.15, 0.2) is 91.1 Å². The molecule has 0 aliphatic carbocycles. The van der Waals surface area contributed by atoms with E-state index in [1.807, 2.05) is 6.20 Å². The van der Waals surface area contributed by atoms with E-state index in [0.717, 1.165) is 68.0 Å². The molecule has 0 spiro atoms. The molecule has 52 heavy (non-hydrogen) atoms. The average molecular weight is 692 g/mol. The van der Waals surface area contributed by atoms with Crippen molar-refractivity contribution in [2.45, 2.75) is 118 Å². The van der Waals surface area contributed by atoms with Crippen LogP contribution >= 0.6 is 0 Å². The van der Waals surface area contributed by atoms with Gasteiger partial charge in [-0.25, -0.2) is 4.98 Å². The Morgan fingerprint density at radius 2 is 1.19 bits per heavy atom. The summed E-state index contributed by atoms with van der Waals surface area (Å²) in [6.07, 6.45) is 2.86. The van der Waals surface area contributed by atoms with Crippen LogP contribution in [0.4, 0.5) is 0 Å². The highest BCUT2D eigenvalue weighted by Crippen LogP contribution is 2.45. The van der Waals surface area contributed by atoms with E-state index < -0.39 is 0 Å². The lowest BCUT2D eigenvalue weighted by molar-refractivity contribution is 0.446. The fraction of sp³-hybridized carbons (Fsp3) is 0.375. The predicted molar refractivity (Wildman–Crippen MR) is 221 cm³/mol. The fourth-order valence-electron chi connectivity index (χ4n) is 6.89. The topological polar surface area (TPSA) is 50.9 Å². The minimum Gasteiger partial charge on any atom is -0.507 e. The van der Waals surface area contributed by atoms with Crippen LogP contribution in [-0.4, -0.2) is 19.6 Å². The van der Waals surface area contributed by atoms with Gasteiger partial charge in [0.2, 0.25) is 0 Å². The zero-order chi connectivity index (χ0) is 38.0. The molecule has 0 amide bonds. The Morgan fingerprint density at radius 3 is 1.79 bits per heavy atom. The highest BCUT2D eigenvalue weighted by molar-refractivity contribution is 5.96. The second-order valence-electron chi connectivity index (χ2n) is 18.6. The Labute approximate surface area is 312 Å². The molecule has 0 radical (unpaired) electrons. The molecule has 0 bridgehead atoms. The molecule has 4 nitrogen and oxygen atoms in total. The number of para-hydroxylation sites is 1. The molecule has 6 aromatic rings. The van der Waals surface area contributed by atoms with Crippen LogP contribution in [0.5, 0.6) is 5.75 Å². The molecular weight excluding hydrogens is 635 g/mol. The van der Waals surface area contributed by atoms with Gasteiger partial charge >= 0.3 is 0 Å². The van der Waals surface area contributed by atoms with Gasteiger partial charge in [0.25, 0.3) is 0 Å². The summed E-state index contributed by atoms with van der Waals surface area (Å²) in [5.41, 5.74) is 13.1. The first-order chi connectivity index (χ1) is 24.2. The zero-order valence-corrected chi connectivity index (χ0v) is 33.7. The molecule has 0 aliphatic heterocycles. The number of benzene rings is 4. The summed E-state index contributed by atoms with van der Waals surface area (Å²) in [4.78, 5) is 10.3. The van der Waals surface area contributed by atoms with Gasteiger partial charge in [-0.2, -0.15) is 0 Å². The van der Waals surface area contributed by atoms with Crippen LogP contribution < -0.4 is 0 Å². The van der Waals surface area contributed by atoms with Crippen LogP contribution in [0.1, 0.15) is 118 Å². The van der Waals surface area contributed by atoms with Gasteiger partial charge in [-0.15, -0.1) is 0 Å². The Morgan fingerprint density at radius 1 is 0.596 bits per heavy atom. The Balaban J connectivity index is 1.73. The van der Waals surface area contributed by atoms with Crippen molar-refractivity contribution in [3.63, 3.8) is 0 Å². The van der Waals surface area contributed by atoms with Gasteiger partial charge in [-0.1, -0.05) is 132 Å². The zero-order valence-electron chi connectivity index (χ0n) is 33.7. The molecule has 0 fully saturated rings. The lowest BCUT2D eigenvalue weighted by Gasteiger charge is -2.28. The van der Waals surface area contributed by atoms with Crippen LogP contribution in [0.3, 0.4) is 0 Å². The lowest BCUT2D eigenvalue weighted by Crippen LogP contribution is -2.18. The maximum atomic E-state index is 12.3. The lowest BCUT2D eigenvalue weighted by atomic mass is 9.78. The van der Waals surface area contributed by atoms with E-state index in [0.29, 0.717) is 0 Å². The SMILES string of the molecule is CCc1ccnc(-c2cccc(-c3cccc4c3nc(-c3cc(C(C)(C)C)cc(C(C)(C)C)c3O)n4-c3cc(C(C)(C)C)cc(C(C)(C)C)c3)c2)c1. The molecule has 270 valence electrons. The van der Waals surface area contributed by atoms with Gasteiger partial charge in [-0.05, 0) is 98.4 Å². The van der Waals surface area contributed by atoms with Gasteiger partial charge in [0.05, 0.1) is 22.3 Å². The van der Waals surface area contributed by atoms with Crippen molar-refractivity contribution in [1.82, 2.24) is 14.5 Å². The highest BCUT2D eigenvalue weighted by Gasteiger charge is 2.29. The van der Waals surface area contributed by atoms with E-state index >= 15 is 0 Å². The predicted octanol–water partition coefficient (Wildman–Crippen LogP) is 12.9. The maximum Gasteiger partial charge on any atom is 0.149 e. The smallest absolute Gasteiger partial charge is 0.149 e. The average Bonchev–Trinajstić information content (AvgIpc) is 3.46. The maximum absolute atomic E-state index is 12.3. The van der Waals surface area contributed by atoms with Crippen LogP contribution in [-0.2, 0) is 28.1 Å². The summed E-state index contributed by atoms with van der Waals surface area (Å²) < 4.78 is 2.29. The monoisotopic (exact) mass is 691 g/mol. The largest absolute Gasteiger partial charge is 0.507 e. The summed E-state index contributed by atoms with van der Waals surface area (Å²) in [5.74, 6) is 1.02. The van der Waals surface area contributed by atoms with Crippen molar-refractivity contribution in [2.24, 2.45) is 0 Å². The number of hydrogen-bond donors (Lipinski definition) is 1. The van der Waals surface area contributed by atoms with Gasteiger partial charge in [0.15, 0.2) is 0 Å². The van der Waals surface area contributed by atoms with Crippen molar-refractivity contribution >= 4 is 11.0 Å². The highest BCUT2D eigenvalue weighted by atomic mass is 16.3. The number of nitrogens with zero attached hydrogens (tertiary/aromatic N) is 3. The summed E-state index contributed by atoms with van der Waals surface area (Å²) in [5, 5.41) is 12.3. The summed E-state index contributed by atoms with van der Waals surface area (Å²) in [6, 6.07) is 30.7. The number of aromatic nitrogens is 3. The molecule has 1 N–H and O–H groups in total. The van der Waals surface area contributed by atoms with Crippen LogP contribution in [0.2, 0.25) is 0 Å². The Hall–Kier alpha value is -4.70. The second-order valence-corrected chi connectivity index (χ2v) is 18.6. The van der Waals surface area contributed by atoms with Gasteiger partial charge < -0.3 is 5.11 Å². The molecule has 0 atom stereocenters. The number of rotatable bonds is 5. The van der Waals surface area contributed by atoms with Gasteiger partial charge in [0, 0.05) is 28.6 Å². The minimum atomic E-state index is -0.281. The molecule has 0 aliphatic rings. The third kappa shape index (κ3) is 7.18. The standard InChI is InChI=1S/C48H57N3O/c1-14-30-21-22-49-40(23-30)32-18-15-17-31(24-32)37-19-16-20-41-42(37)50-44(38-28-35(47(8,9)10)29-39(43(38)52)48(11,12)13)51(41)36-26-33(45(2,3)4)25-34(27-36)46(5,6)7/h15-29,52H,14H2,1-13H3. The van der Waals surface area contributed by atoms with E-state index in [9.17, 15) is 5.11 Å². The third-order valence-electron chi connectivity index (χ3n) is 10.3. The first-order valence-corrected chi connectivity index (χ1v) is 18.8. The number of pyridine rings is 1. The van der Waals surface area contributed by atoms with Crippen molar-refractivity contribution in [1.29, 1.82) is 0 Å². The first kappa shape index (κ1) is 37.1. The van der Waals surface area contributed by atoms with Gasteiger partial charge in [-0.3, -0.25) is 9.55 Å². The van der Waals surface area contributed by atoms with Crippen molar-refractivity contribution in [3.8, 4) is 45.2 Å². The van der Waals surface area contributed by atoms with E-state index in [2.05, 4.69) is 180 Å². The van der Waals surface area contributed by atoms with Crippen molar-refractivity contribution < 1.29 is 5.11 Å². The number of hydrogen-bond acceptors (Lipinski definition) is 3. The van der Waals surface area contributed by atoms with E-state index in [1.165, 1.54) is 16.7 Å². The number of fused-ring (bicyclic) bond motifs is 1. The van der Waals surface area contributed by atoms with E-state index in [1.54, 1.807) is 0 Å². The second kappa shape index (κ2) is 13.1. The molecule has 2 heterocycles. The molecule has 4 heteroatoms. The molecular formula is C48H57N3O. The van der Waals surface area contributed by atoms with Crippen LogP contribution in [0.25, 0.3) is 50.5 Å². The van der Waals surface area contributed by atoms with Crippen LogP contribution in [0, 0.1) is 0 Å². The molecule has 0 saturated carbocycles. The Kier molecular flexibility index (Phi) is 9.31. The molecule has 6 rings (SSSR count). The molecule has 4 aromatic carbocycles. The number of aryl methyl sites for hydroxylation is 1. The van der Waals surface area contributed by atoms with Crippen molar-refractivity contribution in [3.05, 3.63) is 119 Å². The number of aromatic hydroxyl groups is 1. The van der Waals surface area contributed by atoms with E-state index in [4.69, 9.17) is 9.97 Å². The minimum absolute atomic E-state index is 0.0744. The summed E-state index contributed by atoms with van der Waals surface area (Å²) >= 11 is 0. The molecule has 2 aromatic heterocycles. The van der Waals surface area contributed by atoms with E-state index in [-0.39, 0.29) is 27.4 Å². The summed E-state index contributed by atoms with van der Waals surface area (Å²) in [6.45, 7) is 29.0. The fourth-order valence-corrected chi connectivity index (χ4v) is 6.89.